The van der Waals surface area contributed by atoms with Gasteiger partial charge in [0.15, 0.2) is 5.69 Å². The van der Waals surface area contributed by atoms with Crippen molar-refractivity contribution in [2.45, 2.75) is 72.0 Å². The molecule has 206 valence electrons. The van der Waals surface area contributed by atoms with Gasteiger partial charge in [-0.1, -0.05) is 39.0 Å². The number of carbonyl (C=O) groups excluding carboxylic acids is 1. The number of para-hydroxylation sites is 1. The Hall–Kier alpha value is -3.30. The van der Waals surface area contributed by atoms with Crippen LogP contribution >= 0.6 is 0 Å². The number of carboxylic acid groups (broad SMARTS) is 1. The molecule has 1 aliphatic rings. The van der Waals surface area contributed by atoms with Crippen LogP contribution in [0.4, 0.5) is 13.2 Å². The zero-order valence-electron chi connectivity index (χ0n) is 22.2. The molecule has 0 unspecified atom stereocenters. The standard InChI is InChI=1S/C28H35F3N4O3/c1-26(2,3)17-34(14-11-18-15-32-22-8-6-5-7-20(18)22)24(36)21-16-33-35(23(21)28(29,30)31)19-9-12-27(4,13-10-19)25(37)38/h5-8,15-16,19,32H,9-14,17H2,1-4H3,(H,37,38)/t19-,27-. The Labute approximate surface area is 220 Å². The number of halogens is 3. The summed E-state index contributed by atoms with van der Waals surface area (Å²) in [5, 5.41) is 14.6. The maximum Gasteiger partial charge on any atom is 0.433 e. The van der Waals surface area contributed by atoms with E-state index in [1.54, 1.807) is 6.92 Å². The van der Waals surface area contributed by atoms with Crippen LogP contribution in [0.2, 0.25) is 0 Å². The maximum absolute atomic E-state index is 14.4. The molecular weight excluding hydrogens is 497 g/mol. The number of hydrogen-bond acceptors (Lipinski definition) is 3. The predicted octanol–water partition coefficient (Wildman–Crippen LogP) is 6.32. The van der Waals surface area contributed by atoms with Crippen molar-refractivity contribution in [2.24, 2.45) is 10.8 Å². The minimum atomic E-state index is -4.79. The van der Waals surface area contributed by atoms with Crippen LogP contribution in [0.5, 0.6) is 0 Å². The normalized spacial score (nSPS) is 20.6. The second-order valence-electron chi connectivity index (χ2n) is 11.8. The number of nitrogens with zero attached hydrogens (tertiary/aromatic N) is 3. The molecular formula is C28H35F3N4O3. The number of hydrogen-bond donors (Lipinski definition) is 2. The molecule has 38 heavy (non-hydrogen) atoms. The highest BCUT2D eigenvalue weighted by Gasteiger charge is 2.45. The van der Waals surface area contributed by atoms with Crippen LogP contribution in [0.3, 0.4) is 0 Å². The monoisotopic (exact) mass is 532 g/mol. The highest BCUT2D eigenvalue weighted by Crippen LogP contribution is 2.43. The van der Waals surface area contributed by atoms with E-state index in [4.69, 9.17) is 0 Å². The summed E-state index contributed by atoms with van der Waals surface area (Å²) < 4.78 is 44.1. The third kappa shape index (κ3) is 5.73. The third-order valence-electron chi connectivity index (χ3n) is 7.49. The Morgan fingerprint density at radius 1 is 1.18 bits per heavy atom. The first-order valence-corrected chi connectivity index (χ1v) is 12.9. The second-order valence-corrected chi connectivity index (χ2v) is 11.8. The molecule has 4 rings (SSSR count). The number of amides is 1. The van der Waals surface area contributed by atoms with Crippen molar-refractivity contribution < 1.29 is 27.9 Å². The summed E-state index contributed by atoms with van der Waals surface area (Å²) in [5.74, 6) is -1.65. The topological polar surface area (TPSA) is 91.2 Å². The number of aromatic nitrogens is 3. The molecule has 1 amide bonds. The first-order valence-electron chi connectivity index (χ1n) is 12.9. The third-order valence-corrected chi connectivity index (χ3v) is 7.49. The minimum absolute atomic E-state index is 0.244. The average Bonchev–Trinajstić information content (AvgIpc) is 3.46. The summed E-state index contributed by atoms with van der Waals surface area (Å²) >= 11 is 0. The molecule has 10 heteroatoms. The van der Waals surface area contributed by atoms with E-state index < -0.39 is 40.8 Å². The lowest BCUT2D eigenvalue weighted by atomic mass is 9.74. The Morgan fingerprint density at radius 3 is 2.45 bits per heavy atom. The fraction of sp³-hybridized carbons (Fsp3) is 0.536. The van der Waals surface area contributed by atoms with E-state index >= 15 is 0 Å². The zero-order valence-corrected chi connectivity index (χ0v) is 22.2. The number of fused-ring (bicyclic) bond motifs is 1. The summed E-state index contributed by atoms with van der Waals surface area (Å²) in [6.07, 6.45) is -0.435. The number of aromatic amines is 1. The fourth-order valence-electron chi connectivity index (χ4n) is 5.37. The molecule has 1 aliphatic carbocycles. The van der Waals surface area contributed by atoms with Gasteiger partial charge in [-0.15, -0.1) is 0 Å². The first kappa shape index (κ1) is 27.7. The van der Waals surface area contributed by atoms with Crippen LogP contribution < -0.4 is 0 Å². The van der Waals surface area contributed by atoms with Crippen molar-refractivity contribution in [3.8, 4) is 0 Å². The summed E-state index contributed by atoms with van der Waals surface area (Å²) in [6, 6.07) is 7.14. The molecule has 2 heterocycles. The molecule has 1 aromatic carbocycles. The van der Waals surface area contributed by atoms with Gasteiger partial charge in [0.05, 0.1) is 23.2 Å². The van der Waals surface area contributed by atoms with Crippen LogP contribution in [-0.4, -0.2) is 49.7 Å². The van der Waals surface area contributed by atoms with Gasteiger partial charge < -0.3 is 15.0 Å². The van der Waals surface area contributed by atoms with Crippen LogP contribution in [0.1, 0.15) is 81.0 Å². The number of nitrogens with one attached hydrogen (secondary N) is 1. The molecule has 0 aliphatic heterocycles. The van der Waals surface area contributed by atoms with Crippen molar-refractivity contribution in [1.82, 2.24) is 19.7 Å². The van der Waals surface area contributed by atoms with Crippen molar-refractivity contribution in [3.05, 3.63) is 53.5 Å². The van der Waals surface area contributed by atoms with E-state index in [2.05, 4.69) is 10.1 Å². The molecule has 7 nitrogen and oxygen atoms in total. The predicted molar refractivity (Wildman–Crippen MR) is 138 cm³/mol. The van der Waals surface area contributed by atoms with Gasteiger partial charge in [0.25, 0.3) is 5.91 Å². The SMILES string of the molecule is CC(C)(C)CN(CCc1c[nH]c2ccccc12)C(=O)c1cnn([C@H]2CC[C@](C)(C(=O)O)CC2)c1C(F)(F)F. The highest BCUT2D eigenvalue weighted by atomic mass is 19.4. The van der Waals surface area contributed by atoms with E-state index in [1.165, 1.54) is 4.90 Å². The van der Waals surface area contributed by atoms with Gasteiger partial charge in [-0.05, 0) is 56.1 Å². The van der Waals surface area contributed by atoms with Crippen LogP contribution in [0, 0.1) is 10.8 Å². The van der Waals surface area contributed by atoms with Gasteiger partial charge >= 0.3 is 12.1 Å². The first-order chi connectivity index (χ1) is 17.7. The minimum Gasteiger partial charge on any atom is -0.481 e. The molecule has 0 spiro atoms. The molecule has 0 bridgehead atoms. The smallest absolute Gasteiger partial charge is 0.433 e. The number of carbonyl (C=O) groups is 2. The summed E-state index contributed by atoms with van der Waals surface area (Å²) in [7, 11) is 0. The van der Waals surface area contributed by atoms with Gasteiger partial charge in [0.2, 0.25) is 0 Å². The lowest BCUT2D eigenvalue weighted by molar-refractivity contribution is -0.152. The number of rotatable bonds is 7. The molecule has 3 aromatic rings. The fourth-order valence-corrected chi connectivity index (χ4v) is 5.37. The zero-order chi connectivity index (χ0) is 27.9. The van der Waals surface area contributed by atoms with Crippen LogP contribution in [0.25, 0.3) is 10.9 Å². The number of aliphatic carboxylic acids is 1. The van der Waals surface area contributed by atoms with Gasteiger partial charge in [-0.25, -0.2) is 0 Å². The van der Waals surface area contributed by atoms with Crippen molar-refractivity contribution in [1.29, 1.82) is 0 Å². The molecule has 0 radical (unpaired) electrons. The van der Waals surface area contributed by atoms with Gasteiger partial charge in [0, 0.05) is 30.2 Å². The molecule has 2 N–H and O–H groups in total. The number of carboxylic acids is 1. The van der Waals surface area contributed by atoms with Crippen LogP contribution in [-0.2, 0) is 17.4 Å². The summed E-state index contributed by atoms with van der Waals surface area (Å²) in [5.41, 5.74) is -0.877. The second kappa shape index (κ2) is 10.1. The Balaban J connectivity index is 1.62. The highest BCUT2D eigenvalue weighted by molar-refractivity contribution is 5.95. The number of alkyl halides is 3. The van der Waals surface area contributed by atoms with E-state index in [0.717, 1.165) is 27.3 Å². The van der Waals surface area contributed by atoms with E-state index in [0.29, 0.717) is 6.42 Å². The van der Waals surface area contributed by atoms with Crippen molar-refractivity contribution >= 4 is 22.8 Å². The number of H-pyrrole nitrogens is 1. The van der Waals surface area contributed by atoms with E-state index in [-0.39, 0.29) is 44.2 Å². The summed E-state index contributed by atoms with van der Waals surface area (Å²) in [4.78, 5) is 30.0. The van der Waals surface area contributed by atoms with Gasteiger partial charge in [-0.3, -0.25) is 14.3 Å². The Kier molecular flexibility index (Phi) is 7.38. The lowest BCUT2D eigenvalue weighted by Gasteiger charge is -2.34. The van der Waals surface area contributed by atoms with Crippen LogP contribution in [0.15, 0.2) is 36.7 Å². The molecule has 2 aromatic heterocycles. The maximum atomic E-state index is 14.4. The Morgan fingerprint density at radius 2 is 1.84 bits per heavy atom. The quantitative estimate of drug-likeness (QED) is 0.373. The lowest BCUT2D eigenvalue weighted by Crippen LogP contribution is -2.40. The van der Waals surface area contributed by atoms with Crippen molar-refractivity contribution in [3.63, 3.8) is 0 Å². The number of benzene rings is 1. The molecule has 0 saturated heterocycles. The van der Waals surface area contributed by atoms with E-state index in [1.807, 2.05) is 51.2 Å². The molecule has 0 atom stereocenters. The molecule has 1 fully saturated rings. The molecule has 1 saturated carbocycles. The largest absolute Gasteiger partial charge is 0.481 e. The van der Waals surface area contributed by atoms with Crippen molar-refractivity contribution in [2.75, 3.05) is 13.1 Å². The Bertz CT molecular complexity index is 1310. The van der Waals surface area contributed by atoms with E-state index in [9.17, 15) is 27.9 Å². The summed E-state index contributed by atoms with van der Waals surface area (Å²) in [6.45, 7) is 7.96. The van der Waals surface area contributed by atoms with Gasteiger partial charge in [0.1, 0.15) is 0 Å². The average molecular weight is 533 g/mol. The van der Waals surface area contributed by atoms with Gasteiger partial charge in [-0.2, -0.15) is 18.3 Å².